The fourth-order valence-electron chi connectivity index (χ4n) is 0.296. The molecule has 0 rings (SSSR count). The summed E-state index contributed by atoms with van der Waals surface area (Å²) < 4.78 is 0. The second-order valence-electron chi connectivity index (χ2n) is 1.19. The van der Waals surface area contributed by atoms with E-state index in [1.807, 2.05) is 0 Å². The molecule has 0 spiro atoms. The highest BCUT2D eigenvalue weighted by atomic mass is 15.4. The van der Waals surface area contributed by atoms with Crippen LogP contribution in [0.3, 0.4) is 0 Å². The van der Waals surface area contributed by atoms with E-state index < -0.39 is 0 Å². The first-order valence-corrected chi connectivity index (χ1v) is 2.19. The lowest BCUT2D eigenvalue weighted by Gasteiger charge is -2.00. The number of aliphatic imine (C=N–C) groups is 2. The Morgan fingerprint density at radius 3 is 1.88 bits per heavy atom. The van der Waals surface area contributed by atoms with Crippen LogP contribution in [0.2, 0.25) is 0 Å². The van der Waals surface area contributed by atoms with Crippen LogP contribution >= 0.6 is 0 Å². The van der Waals surface area contributed by atoms with Gasteiger partial charge in [0.15, 0.2) is 0 Å². The van der Waals surface area contributed by atoms with Crippen molar-refractivity contribution in [1.82, 2.24) is 5.01 Å². The van der Waals surface area contributed by atoms with Crippen molar-refractivity contribution >= 4 is 12.7 Å². The summed E-state index contributed by atoms with van der Waals surface area (Å²) in [6.07, 6.45) is 2.93. The quantitative estimate of drug-likeness (QED) is 0.227. The van der Waals surface area contributed by atoms with Gasteiger partial charge in [0.25, 0.3) is 0 Å². The minimum Gasteiger partial charge on any atom is -0.277 e. The van der Waals surface area contributed by atoms with Crippen molar-refractivity contribution in [2.45, 2.75) is 0 Å². The Balaban J connectivity index is 3.47. The summed E-state index contributed by atoms with van der Waals surface area (Å²) in [7, 11) is 3.28. The molecule has 0 aromatic carbocycles. The molecule has 4 heteroatoms. The Kier molecular flexibility index (Phi) is 3.78. The van der Waals surface area contributed by atoms with Gasteiger partial charge >= 0.3 is 0 Å². The molecule has 0 atom stereocenters. The van der Waals surface area contributed by atoms with Gasteiger partial charge in [0.1, 0.15) is 12.7 Å². The third-order valence-electron chi connectivity index (χ3n) is 0.498. The van der Waals surface area contributed by atoms with Gasteiger partial charge in [-0.05, 0) is 0 Å². The normalized spacial score (nSPS) is 11.4. The van der Waals surface area contributed by atoms with Crippen LogP contribution in [0.4, 0.5) is 0 Å². The maximum Gasteiger partial charge on any atom is 0.105 e. The first kappa shape index (κ1) is 7.10. The Hall–Kier alpha value is -0.900. The van der Waals surface area contributed by atoms with E-state index in [1.165, 1.54) is 17.7 Å². The maximum absolute atomic E-state index is 5.23. The lowest BCUT2D eigenvalue weighted by Crippen LogP contribution is -2.27. The van der Waals surface area contributed by atoms with Crippen LogP contribution in [0.5, 0.6) is 0 Å². The van der Waals surface area contributed by atoms with Crippen LogP contribution in [-0.4, -0.2) is 31.8 Å². The molecule has 0 amide bonds. The Morgan fingerprint density at radius 1 is 1.25 bits per heavy atom. The fraction of sp³-hybridized carbons (Fsp3) is 0.500. The van der Waals surface area contributed by atoms with Crippen LogP contribution < -0.4 is 5.84 Å². The molecule has 0 aliphatic heterocycles. The number of rotatable bonds is 2. The SMILES string of the molecule is CN=CN(N)C=NC. The van der Waals surface area contributed by atoms with Gasteiger partial charge < -0.3 is 0 Å². The zero-order chi connectivity index (χ0) is 6.41. The van der Waals surface area contributed by atoms with Crippen LogP contribution in [0.25, 0.3) is 0 Å². The van der Waals surface area contributed by atoms with Gasteiger partial charge in [-0.2, -0.15) is 0 Å². The molecule has 2 N–H and O–H groups in total. The number of hydrogen-bond donors (Lipinski definition) is 1. The lowest BCUT2D eigenvalue weighted by atomic mass is 11.0. The summed E-state index contributed by atoms with van der Waals surface area (Å²) in [5.41, 5.74) is 0. The highest BCUT2D eigenvalue weighted by Gasteiger charge is 1.77. The van der Waals surface area contributed by atoms with E-state index in [9.17, 15) is 0 Å². The first-order valence-electron chi connectivity index (χ1n) is 2.19. The summed E-state index contributed by atoms with van der Waals surface area (Å²) in [5, 5.41) is 1.28. The standard InChI is InChI=1S/C4H10N4/c1-6-3-8(5)4-7-2/h3-4H,5H2,1-2H3. The average molecular weight is 114 g/mol. The predicted molar refractivity (Wildman–Crippen MR) is 34.9 cm³/mol. The molecule has 0 aromatic heterocycles. The van der Waals surface area contributed by atoms with Gasteiger partial charge in [0.05, 0.1) is 0 Å². The summed E-state index contributed by atoms with van der Waals surface area (Å²) >= 11 is 0. The Morgan fingerprint density at radius 2 is 1.62 bits per heavy atom. The number of hydrazine groups is 1. The molecular formula is C4H10N4. The summed E-state index contributed by atoms with van der Waals surface area (Å²) in [6.45, 7) is 0. The van der Waals surface area contributed by atoms with Crippen LogP contribution in [-0.2, 0) is 0 Å². The van der Waals surface area contributed by atoms with E-state index in [2.05, 4.69) is 9.98 Å². The van der Waals surface area contributed by atoms with Crippen LogP contribution in [0.1, 0.15) is 0 Å². The highest BCUT2D eigenvalue weighted by Crippen LogP contribution is 1.61. The minimum atomic E-state index is 1.28. The zero-order valence-corrected chi connectivity index (χ0v) is 5.07. The molecule has 0 radical (unpaired) electrons. The third-order valence-corrected chi connectivity index (χ3v) is 0.498. The van der Waals surface area contributed by atoms with Crippen molar-refractivity contribution < 1.29 is 0 Å². The molecule has 0 saturated carbocycles. The number of nitrogens with two attached hydrogens (primary N) is 1. The summed E-state index contributed by atoms with van der Waals surface area (Å²) in [5.74, 6) is 5.23. The molecule has 0 aliphatic rings. The van der Waals surface area contributed by atoms with Crippen molar-refractivity contribution in [2.75, 3.05) is 14.1 Å². The average Bonchev–Trinajstić information content (AvgIpc) is 1.68. The van der Waals surface area contributed by atoms with E-state index in [-0.39, 0.29) is 0 Å². The van der Waals surface area contributed by atoms with E-state index in [0.29, 0.717) is 0 Å². The van der Waals surface area contributed by atoms with Gasteiger partial charge in [-0.15, -0.1) is 0 Å². The Bertz CT molecular complexity index is 84.2. The number of hydrogen-bond acceptors (Lipinski definition) is 3. The highest BCUT2D eigenvalue weighted by molar-refractivity contribution is 5.73. The molecule has 0 bridgehead atoms. The van der Waals surface area contributed by atoms with Crippen LogP contribution in [0, 0.1) is 0 Å². The molecule has 0 saturated heterocycles. The minimum absolute atomic E-state index is 1.28. The molecule has 0 unspecified atom stereocenters. The smallest absolute Gasteiger partial charge is 0.105 e. The molecular weight excluding hydrogens is 104 g/mol. The fourth-order valence-corrected chi connectivity index (χ4v) is 0.296. The molecule has 0 fully saturated rings. The van der Waals surface area contributed by atoms with Crippen molar-refractivity contribution in [3.05, 3.63) is 0 Å². The zero-order valence-electron chi connectivity index (χ0n) is 5.07. The summed E-state index contributed by atoms with van der Waals surface area (Å²) in [4.78, 5) is 7.28. The van der Waals surface area contributed by atoms with Crippen molar-refractivity contribution in [1.29, 1.82) is 0 Å². The van der Waals surface area contributed by atoms with E-state index >= 15 is 0 Å². The van der Waals surface area contributed by atoms with Crippen molar-refractivity contribution in [3.63, 3.8) is 0 Å². The van der Waals surface area contributed by atoms with Crippen LogP contribution in [0.15, 0.2) is 9.98 Å². The second-order valence-corrected chi connectivity index (χ2v) is 1.19. The summed E-state index contributed by atoms with van der Waals surface area (Å²) in [6, 6.07) is 0. The second kappa shape index (κ2) is 4.26. The topological polar surface area (TPSA) is 54.0 Å². The predicted octanol–water partition coefficient (Wildman–Crippen LogP) is -0.522. The molecule has 46 valence electrons. The van der Waals surface area contributed by atoms with E-state index in [1.54, 1.807) is 14.1 Å². The first-order chi connectivity index (χ1) is 3.81. The molecule has 0 aromatic rings. The largest absolute Gasteiger partial charge is 0.277 e. The van der Waals surface area contributed by atoms with Gasteiger partial charge in [-0.3, -0.25) is 15.0 Å². The van der Waals surface area contributed by atoms with Gasteiger partial charge in [-0.1, -0.05) is 0 Å². The maximum atomic E-state index is 5.23. The van der Waals surface area contributed by atoms with E-state index in [0.717, 1.165) is 0 Å². The van der Waals surface area contributed by atoms with Gasteiger partial charge in [-0.25, -0.2) is 5.84 Å². The van der Waals surface area contributed by atoms with Gasteiger partial charge in [0, 0.05) is 14.1 Å². The molecule has 0 aliphatic carbocycles. The lowest BCUT2D eigenvalue weighted by molar-refractivity contribution is 0.692. The molecule has 0 heterocycles. The Labute approximate surface area is 48.7 Å². The number of nitrogens with zero attached hydrogens (tertiary/aromatic N) is 3. The van der Waals surface area contributed by atoms with Gasteiger partial charge in [0.2, 0.25) is 0 Å². The van der Waals surface area contributed by atoms with E-state index in [4.69, 9.17) is 5.84 Å². The van der Waals surface area contributed by atoms with Crippen molar-refractivity contribution in [2.24, 2.45) is 15.8 Å². The van der Waals surface area contributed by atoms with Crippen molar-refractivity contribution in [3.8, 4) is 0 Å². The third kappa shape index (κ3) is 3.30. The molecule has 8 heavy (non-hydrogen) atoms. The molecule has 4 nitrogen and oxygen atoms in total. The monoisotopic (exact) mass is 114 g/mol.